The van der Waals surface area contributed by atoms with Gasteiger partial charge in [0.05, 0.1) is 35.0 Å². The molecule has 0 amide bonds. The summed E-state index contributed by atoms with van der Waals surface area (Å²) >= 11 is 0. The molecule has 0 atom stereocenters. The van der Waals surface area contributed by atoms with Crippen LogP contribution in [0.4, 0.5) is 17.2 Å². The van der Waals surface area contributed by atoms with Gasteiger partial charge in [-0.25, -0.2) is 4.98 Å². The third-order valence-corrected chi connectivity index (χ3v) is 7.17. The van der Waals surface area contributed by atoms with Crippen LogP contribution in [0.2, 0.25) is 0 Å². The minimum absolute atomic E-state index is 0.588. The minimum Gasteiger partial charge on any atom is -0.358 e. The number of H-pyrrole nitrogens is 1. The van der Waals surface area contributed by atoms with Crippen molar-refractivity contribution in [1.29, 1.82) is 0 Å². The number of anilines is 3. The van der Waals surface area contributed by atoms with E-state index in [1.807, 2.05) is 30.7 Å². The highest BCUT2D eigenvalue weighted by Gasteiger charge is 2.24. The molecule has 4 aromatic rings. The molecule has 6 rings (SSSR count). The van der Waals surface area contributed by atoms with Crippen LogP contribution in [0.5, 0.6) is 0 Å². The Labute approximate surface area is 217 Å². The highest BCUT2D eigenvalue weighted by Crippen LogP contribution is 2.36. The Hall–Kier alpha value is -4.17. The van der Waals surface area contributed by atoms with Gasteiger partial charge >= 0.3 is 0 Å². The molecule has 8 nitrogen and oxygen atoms in total. The van der Waals surface area contributed by atoms with E-state index < -0.39 is 0 Å². The zero-order valence-electron chi connectivity index (χ0n) is 21.2. The Bertz CT molecular complexity index is 1440. The Morgan fingerprint density at radius 1 is 0.919 bits per heavy atom. The molecular weight excluding hydrogens is 460 g/mol. The molecule has 0 unspecified atom stereocenters. The van der Waals surface area contributed by atoms with Crippen LogP contribution >= 0.6 is 0 Å². The van der Waals surface area contributed by atoms with Crippen molar-refractivity contribution in [3.63, 3.8) is 0 Å². The zero-order chi connectivity index (χ0) is 25.4. The van der Waals surface area contributed by atoms with E-state index in [4.69, 9.17) is 0 Å². The minimum atomic E-state index is 0.588. The second-order valence-electron chi connectivity index (χ2n) is 10.0. The fourth-order valence-electron chi connectivity index (χ4n) is 4.73. The van der Waals surface area contributed by atoms with Gasteiger partial charge in [0.15, 0.2) is 0 Å². The van der Waals surface area contributed by atoms with Crippen molar-refractivity contribution in [3.05, 3.63) is 79.5 Å². The number of fused-ring (bicyclic) bond motifs is 1. The molecule has 3 N–H and O–H groups in total. The van der Waals surface area contributed by atoms with E-state index in [1.165, 1.54) is 12.8 Å². The molecule has 188 valence electrons. The van der Waals surface area contributed by atoms with E-state index >= 15 is 0 Å². The van der Waals surface area contributed by atoms with Gasteiger partial charge in [0.2, 0.25) is 0 Å². The highest BCUT2D eigenvalue weighted by atomic mass is 15.3. The summed E-state index contributed by atoms with van der Waals surface area (Å²) in [5.74, 6) is 1.59. The summed E-state index contributed by atoms with van der Waals surface area (Å²) in [5, 5.41) is 15.5. The van der Waals surface area contributed by atoms with Gasteiger partial charge < -0.3 is 20.4 Å². The number of nitrogens with zero attached hydrogens (tertiary/aromatic N) is 5. The average molecular weight is 493 g/mol. The summed E-state index contributed by atoms with van der Waals surface area (Å²) in [6.07, 6.45) is 8.01. The Balaban J connectivity index is 1.19. The standard InChI is InChI=1S/C29H32N8/c1-19(21-4-5-21)32-25-14-23(16-30-17-25)22-6-8-27-26(15-22)29(35-34-27)20(2)33-24-7-9-28(31-18-24)37-12-10-36(3)11-13-37/h6-9,14-18,21,32-33H,1-2,4-5,10-13H2,3H3,(H,34,35). The second-order valence-corrected chi connectivity index (χ2v) is 10.0. The van der Waals surface area contributed by atoms with Crippen LogP contribution in [0.1, 0.15) is 18.5 Å². The van der Waals surface area contributed by atoms with Gasteiger partial charge in [-0.2, -0.15) is 5.10 Å². The molecule has 1 saturated heterocycles. The average Bonchev–Trinajstić information content (AvgIpc) is 3.69. The third-order valence-electron chi connectivity index (χ3n) is 7.17. The first-order valence-electron chi connectivity index (χ1n) is 12.8. The van der Waals surface area contributed by atoms with Crippen molar-refractivity contribution < 1.29 is 0 Å². The van der Waals surface area contributed by atoms with Gasteiger partial charge in [-0.3, -0.25) is 10.1 Å². The molecule has 2 fully saturated rings. The van der Waals surface area contributed by atoms with E-state index in [-0.39, 0.29) is 0 Å². The van der Waals surface area contributed by atoms with Crippen molar-refractivity contribution in [3.8, 4) is 11.1 Å². The van der Waals surface area contributed by atoms with Crippen LogP contribution in [-0.2, 0) is 0 Å². The quantitative estimate of drug-likeness (QED) is 0.312. The SMILES string of the molecule is C=C(Nc1ccc(N2CCN(C)CC2)nc1)c1n[nH]c2ccc(-c3cncc(NC(=C)C4CC4)c3)cc12. The van der Waals surface area contributed by atoms with Gasteiger partial charge in [-0.05, 0) is 61.7 Å². The molecule has 1 saturated carbocycles. The molecule has 1 aromatic carbocycles. The van der Waals surface area contributed by atoms with Gasteiger partial charge in [-0.15, -0.1) is 0 Å². The number of rotatable bonds is 8. The number of hydrogen-bond acceptors (Lipinski definition) is 7. The van der Waals surface area contributed by atoms with Crippen LogP contribution in [0.25, 0.3) is 27.7 Å². The Morgan fingerprint density at radius 3 is 2.51 bits per heavy atom. The number of pyridine rings is 2. The molecule has 0 spiro atoms. The number of allylic oxidation sites excluding steroid dienone is 1. The van der Waals surface area contributed by atoms with Crippen LogP contribution in [0, 0.1) is 5.92 Å². The molecule has 8 heteroatoms. The summed E-state index contributed by atoms with van der Waals surface area (Å²) in [5.41, 5.74) is 7.46. The lowest BCUT2D eigenvalue weighted by atomic mass is 10.0. The van der Waals surface area contributed by atoms with Crippen LogP contribution in [-0.4, -0.2) is 58.3 Å². The number of hydrogen-bond donors (Lipinski definition) is 3. The summed E-state index contributed by atoms with van der Waals surface area (Å²) < 4.78 is 0. The van der Waals surface area contributed by atoms with Crippen molar-refractivity contribution >= 4 is 33.8 Å². The summed E-state index contributed by atoms with van der Waals surface area (Å²) in [6.45, 7) is 12.5. The smallest absolute Gasteiger partial charge is 0.128 e. The monoisotopic (exact) mass is 492 g/mol. The molecular formula is C29H32N8. The van der Waals surface area contributed by atoms with E-state index in [1.54, 1.807) is 0 Å². The lowest BCUT2D eigenvalue weighted by Crippen LogP contribution is -2.44. The molecule has 37 heavy (non-hydrogen) atoms. The number of benzene rings is 1. The molecule has 1 aliphatic carbocycles. The number of likely N-dealkylation sites (N-methyl/N-ethyl adjacent to an activating group) is 1. The number of piperazine rings is 1. The van der Waals surface area contributed by atoms with Gasteiger partial charge in [0.25, 0.3) is 0 Å². The number of aromatic nitrogens is 4. The first kappa shape index (κ1) is 23.2. The van der Waals surface area contributed by atoms with Crippen LogP contribution in [0.3, 0.4) is 0 Å². The topological polar surface area (TPSA) is 85.0 Å². The molecule has 2 aliphatic rings. The second kappa shape index (κ2) is 9.71. The van der Waals surface area contributed by atoms with E-state index in [9.17, 15) is 0 Å². The normalized spacial score (nSPS) is 16.1. The fraction of sp³-hybridized carbons (Fsp3) is 0.276. The molecule has 3 aromatic heterocycles. The van der Waals surface area contributed by atoms with E-state index in [0.717, 1.165) is 76.8 Å². The van der Waals surface area contributed by atoms with Crippen LogP contribution < -0.4 is 15.5 Å². The fourth-order valence-corrected chi connectivity index (χ4v) is 4.73. The van der Waals surface area contributed by atoms with Gasteiger partial charge in [0, 0.05) is 49.0 Å². The maximum atomic E-state index is 4.68. The first-order valence-corrected chi connectivity index (χ1v) is 12.8. The van der Waals surface area contributed by atoms with Crippen molar-refractivity contribution in [2.75, 3.05) is 48.8 Å². The largest absolute Gasteiger partial charge is 0.358 e. The summed E-state index contributed by atoms with van der Waals surface area (Å²) in [6, 6.07) is 12.5. The molecule has 0 bridgehead atoms. The predicted molar refractivity (Wildman–Crippen MR) is 151 cm³/mol. The highest BCUT2D eigenvalue weighted by molar-refractivity contribution is 5.95. The lowest BCUT2D eigenvalue weighted by molar-refractivity contribution is 0.312. The molecule has 4 heterocycles. The van der Waals surface area contributed by atoms with Gasteiger partial charge in [0.1, 0.15) is 11.5 Å². The van der Waals surface area contributed by atoms with E-state index in [2.05, 4.69) is 85.1 Å². The molecule has 0 radical (unpaired) electrons. The van der Waals surface area contributed by atoms with Gasteiger partial charge in [-0.1, -0.05) is 19.2 Å². The maximum Gasteiger partial charge on any atom is 0.128 e. The van der Waals surface area contributed by atoms with Crippen molar-refractivity contribution in [1.82, 2.24) is 25.1 Å². The summed E-state index contributed by atoms with van der Waals surface area (Å²) in [4.78, 5) is 13.8. The summed E-state index contributed by atoms with van der Waals surface area (Å²) in [7, 11) is 2.16. The van der Waals surface area contributed by atoms with Crippen LogP contribution in [0.15, 0.2) is 73.8 Å². The lowest BCUT2D eigenvalue weighted by Gasteiger charge is -2.33. The third kappa shape index (κ3) is 5.06. The number of aromatic amines is 1. The maximum absolute atomic E-state index is 4.68. The number of nitrogens with one attached hydrogen (secondary N) is 3. The Morgan fingerprint density at radius 2 is 1.76 bits per heavy atom. The molecule has 1 aliphatic heterocycles. The van der Waals surface area contributed by atoms with E-state index in [0.29, 0.717) is 11.6 Å². The first-order chi connectivity index (χ1) is 18.0. The van der Waals surface area contributed by atoms with Crippen molar-refractivity contribution in [2.45, 2.75) is 12.8 Å². The van der Waals surface area contributed by atoms with Crippen molar-refractivity contribution in [2.24, 2.45) is 5.92 Å². The zero-order valence-corrected chi connectivity index (χ0v) is 21.2. The Kier molecular flexibility index (Phi) is 6.10. The predicted octanol–water partition coefficient (Wildman–Crippen LogP) is 5.19.